The minimum Gasteiger partial charge on any atom is -0.460 e. The number of fused-ring (bicyclic) bond motifs is 5. The number of ketones is 1. The Labute approximate surface area is 399 Å². The maximum atomic E-state index is 15.3. The SMILES string of the molecule is CC(=O)O[C@H]1CO[C@@H]2CC[C@H](O)[C@@]3(C)C(=O)[C@H](O)C4=C(C)[C@@H](OC(=O)[C@H](OC(=O)COC(=O)C[C@H](N)C(N)=O)[C@@H](NC(=O)OC(C)(C)C)C5CC5)C[C@@](O)([C@@H](OC(=O)c5ccccc5)[C@@H]3C12)C4(C)C. The van der Waals surface area contributed by atoms with Gasteiger partial charge in [-0.25, -0.2) is 19.2 Å². The molecule has 4 fully saturated rings. The van der Waals surface area contributed by atoms with Gasteiger partial charge in [0.15, 0.2) is 12.4 Å². The molecule has 2 amide bonds. The van der Waals surface area contributed by atoms with E-state index < -0.39 is 162 Å². The fourth-order valence-corrected chi connectivity index (χ4v) is 10.7. The fourth-order valence-electron chi connectivity index (χ4n) is 10.7. The number of nitrogens with one attached hydrogen (secondary N) is 1. The first-order valence-electron chi connectivity index (χ1n) is 23.1. The molecule has 1 aromatic rings. The summed E-state index contributed by atoms with van der Waals surface area (Å²) in [5.41, 5.74) is 3.57. The summed E-state index contributed by atoms with van der Waals surface area (Å²) in [5.74, 6) is -10.1. The third kappa shape index (κ3) is 10.8. The summed E-state index contributed by atoms with van der Waals surface area (Å²) in [6, 6.07) is 5.07. The van der Waals surface area contributed by atoms with Crippen LogP contribution in [0.3, 0.4) is 0 Å². The van der Waals surface area contributed by atoms with E-state index in [4.69, 9.17) is 44.6 Å². The third-order valence-corrected chi connectivity index (χ3v) is 14.4. The van der Waals surface area contributed by atoms with Gasteiger partial charge in [0, 0.05) is 30.6 Å². The summed E-state index contributed by atoms with van der Waals surface area (Å²) in [5, 5.41) is 40.9. The zero-order valence-electron chi connectivity index (χ0n) is 40.1. The highest BCUT2D eigenvalue weighted by atomic mass is 16.6. The second-order valence-corrected chi connectivity index (χ2v) is 20.5. The number of alkyl carbamates (subject to hydrolysis) is 1. The number of aliphatic hydroxyl groups is 3. The van der Waals surface area contributed by atoms with Crippen molar-refractivity contribution in [2.45, 2.75) is 160 Å². The first-order valence-corrected chi connectivity index (χ1v) is 23.1. The average molecular weight is 972 g/mol. The van der Waals surface area contributed by atoms with Crippen LogP contribution in [-0.2, 0) is 61.9 Å². The van der Waals surface area contributed by atoms with E-state index >= 15 is 4.79 Å². The monoisotopic (exact) mass is 971 g/mol. The number of primary amides is 1. The quantitative estimate of drug-likeness (QED) is 0.0867. The molecule has 4 aliphatic carbocycles. The van der Waals surface area contributed by atoms with E-state index in [0.717, 1.165) is 0 Å². The first kappa shape index (κ1) is 52.9. The number of esters is 5. The van der Waals surface area contributed by atoms with Gasteiger partial charge in [0.1, 0.15) is 35.6 Å². The van der Waals surface area contributed by atoms with Gasteiger partial charge in [-0.3, -0.25) is 19.2 Å². The Bertz CT molecular complexity index is 2220. The summed E-state index contributed by atoms with van der Waals surface area (Å²) in [6.07, 6.45) is -12.0. The lowest BCUT2D eigenvalue weighted by Gasteiger charge is -2.60. The Kier molecular flexibility index (Phi) is 15.4. The number of nitrogens with two attached hydrogens (primary N) is 2. The summed E-state index contributed by atoms with van der Waals surface area (Å²) in [6.45, 7) is 10.7. The van der Waals surface area contributed by atoms with E-state index in [1.54, 1.807) is 39.0 Å². The number of aliphatic hydroxyl groups excluding tert-OH is 2. The third-order valence-electron chi connectivity index (χ3n) is 14.4. The predicted molar refractivity (Wildman–Crippen MR) is 237 cm³/mol. The molecule has 21 heteroatoms. The Morgan fingerprint density at radius 3 is 2.19 bits per heavy atom. The van der Waals surface area contributed by atoms with Gasteiger partial charge in [0.2, 0.25) is 12.0 Å². The minimum atomic E-state index is -2.42. The van der Waals surface area contributed by atoms with Crippen molar-refractivity contribution in [3.8, 4) is 0 Å². The molecule has 380 valence electrons. The molecule has 13 atom stereocenters. The van der Waals surface area contributed by atoms with Gasteiger partial charge in [0.05, 0.1) is 48.3 Å². The summed E-state index contributed by atoms with van der Waals surface area (Å²) < 4.78 is 40.6. The number of Topliss-reactive ketones (excluding diaryl/α,β-unsaturated/α-hetero) is 1. The highest BCUT2D eigenvalue weighted by Crippen LogP contribution is 2.61. The van der Waals surface area contributed by atoms with Crippen molar-refractivity contribution in [1.29, 1.82) is 0 Å². The van der Waals surface area contributed by atoms with Gasteiger partial charge in [-0.2, -0.15) is 0 Å². The molecule has 1 aliphatic heterocycles. The van der Waals surface area contributed by atoms with E-state index in [1.807, 2.05) is 0 Å². The highest BCUT2D eigenvalue weighted by Gasteiger charge is 2.72. The summed E-state index contributed by atoms with van der Waals surface area (Å²) in [4.78, 5) is 108. The van der Waals surface area contributed by atoms with Crippen LogP contribution in [-0.4, -0.2) is 142 Å². The van der Waals surface area contributed by atoms with Crippen LogP contribution in [0.2, 0.25) is 0 Å². The van der Waals surface area contributed by atoms with Crippen LogP contribution in [0, 0.1) is 28.6 Å². The van der Waals surface area contributed by atoms with Crippen molar-refractivity contribution in [2.24, 2.45) is 40.1 Å². The second-order valence-electron chi connectivity index (χ2n) is 20.5. The molecular formula is C48H65N3O18. The van der Waals surface area contributed by atoms with Gasteiger partial charge in [-0.1, -0.05) is 32.0 Å². The molecule has 0 aromatic heterocycles. The second kappa shape index (κ2) is 20.1. The van der Waals surface area contributed by atoms with Crippen molar-refractivity contribution in [3.05, 3.63) is 47.0 Å². The molecule has 2 bridgehead atoms. The van der Waals surface area contributed by atoms with Crippen LogP contribution in [0.4, 0.5) is 4.79 Å². The topological polar surface area (TPSA) is 326 Å². The summed E-state index contributed by atoms with van der Waals surface area (Å²) in [7, 11) is 0. The molecule has 21 nitrogen and oxygen atoms in total. The zero-order valence-corrected chi connectivity index (χ0v) is 40.1. The van der Waals surface area contributed by atoms with Gasteiger partial charge in [-0.05, 0) is 89.5 Å². The Hall–Kier alpha value is -5.48. The number of ether oxygens (including phenoxy) is 7. The van der Waals surface area contributed by atoms with E-state index in [-0.39, 0.29) is 36.2 Å². The van der Waals surface area contributed by atoms with Crippen molar-refractivity contribution in [3.63, 3.8) is 0 Å². The average Bonchev–Trinajstić information content (AvgIpc) is 4.05. The minimum absolute atomic E-state index is 0.0292. The van der Waals surface area contributed by atoms with Gasteiger partial charge >= 0.3 is 35.9 Å². The molecule has 69 heavy (non-hydrogen) atoms. The van der Waals surface area contributed by atoms with E-state index in [0.29, 0.717) is 12.8 Å². The Balaban J connectivity index is 1.46. The van der Waals surface area contributed by atoms with Crippen LogP contribution in [0.15, 0.2) is 41.5 Å². The van der Waals surface area contributed by atoms with E-state index in [2.05, 4.69) is 5.32 Å². The zero-order chi connectivity index (χ0) is 51.1. The molecule has 1 unspecified atom stereocenters. The maximum Gasteiger partial charge on any atom is 0.408 e. The van der Waals surface area contributed by atoms with Gasteiger partial charge in [-0.15, -0.1) is 0 Å². The van der Waals surface area contributed by atoms with Crippen molar-refractivity contribution in [1.82, 2.24) is 5.32 Å². The molecule has 6 rings (SSSR count). The highest BCUT2D eigenvalue weighted by molar-refractivity contribution is 5.94. The molecule has 1 heterocycles. The van der Waals surface area contributed by atoms with Crippen LogP contribution >= 0.6 is 0 Å². The number of rotatable bonds is 14. The van der Waals surface area contributed by atoms with Crippen LogP contribution in [0.25, 0.3) is 0 Å². The molecule has 1 saturated heterocycles. The van der Waals surface area contributed by atoms with E-state index in [9.17, 15) is 48.9 Å². The molecule has 0 radical (unpaired) electrons. The van der Waals surface area contributed by atoms with Crippen molar-refractivity contribution < 1.29 is 86.8 Å². The molecule has 0 spiro atoms. The Morgan fingerprint density at radius 1 is 0.942 bits per heavy atom. The fraction of sp³-hybridized carbons (Fsp3) is 0.667. The number of carbonyl (C=O) groups is 8. The van der Waals surface area contributed by atoms with Crippen molar-refractivity contribution >= 4 is 47.6 Å². The number of hydrogen-bond acceptors (Lipinski definition) is 19. The molecule has 8 N–H and O–H groups in total. The van der Waals surface area contributed by atoms with Gasteiger partial charge < -0.3 is 65.3 Å². The Morgan fingerprint density at radius 2 is 1.59 bits per heavy atom. The standard InChI is InChI=1S/C48H65N3O18/c1-22-28(66-43(60)38(36(24-14-15-24)51-44(61)69-45(3,4)5)67-32(55)21-64-31(54)18-26(49)41(50)58)19-48(62)40(68-42(59)25-12-10-9-11-13-25)35-33-27(63-20-29(33)65-23(2)52)16-17-30(53)47(35,8)39(57)37(56)34(22)46(48,6)7/h9-13,24,26-30,33,35-38,40,53,56,62H,14-21,49H2,1-8H3,(H2,50,58)(H,51,61)/t26-,27+,28-,29-,30-,33?,35-,36-,37+,38+,40-,47+,48+/m0/s1. The number of hydrogen-bond donors (Lipinski definition) is 6. The van der Waals surface area contributed by atoms with Crippen LogP contribution in [0.1, 0.15) is 104 Å². The number of amides is 2. The predicted octanol–water partition coefficient (Wildman–Crippen LogP) is 1.23. The van der Waals surface area contributed by atoms with Crippen LogP contribution < -0.4 is 16.8 Å². The first-order chi connectivity index (χ1) is 32.1. The van der Waals surface area contributed by atoms with E-state index in [1.165, 1.54) is 46.8 Å². The smallest absolute Gasteiger partial charge is 0.408 e. The lowest BCUT2D eigenvalue weighted by Crippen LogP contribution is -2.71. The van der Waals surface area contributed by atoms with Crippen molar-refractivity contribution in [2.75, 3.05) is 13.2 Å². The molecule has 3 saturated carbocycles. The molecule has 5 aliphatic rings. The summed E-state index contributed by atoms with van der Waals surface area (Å²) >= 11 is 0. The maximum absolute atomic E-state index is 15.3. The van der Waals surface area contributed by atoms with Gasteiger partial charge in [0.25, 0.3) is 0 Å². The van der Waals surface area contributed by atoms with Crippen LogP contribution in [0.5, 0.6) is 0 Å². The number of benzene rings is 1. The largest absolute Gasteiger partial charge is 0.460 e. The molecule has 1 aromatic carbocycles. The molecular weight excluding hydrogens is 907 g/mol. The number of carbonyl (C=O) groups excluding carboxylic acids is 8. The normalized spacial score (nSPS) is 31.9. The lowest BCUT2D eigenvalue weighted by atomic mass is 9.48. The lowest BCUT2D eigenvalue weighted by molar-refractivity contribution is -0.227.